The van der Waals surface area contributed by atoms with E-state index in [4.69, 9.17) is 4.74 Å². The number of piperidine rings is 1. The highest BCUT2D eigenvalue weighted by Gasteiger charge is 2.19. The average molecular weight is 261 g/mol. The zero-order chi connectivity index (χ0) is 13.7. The van der Waals surface area contributed by atoms with Gasteiger partial charge >= 0.3 is 0 Å². The van der Waals surface area contributed by atoms with E-state index in [9.17, 15) is 0 Å². The van der Waals surface area contributed by atoms with Crippen LogP contribution in [-0.2, 0) is 5.41 Å². The van der Waals surface area contributed by atoms with Crippen molar-refractivity contribution in [2.45, 2.75) is 45.4 Å². The predicted molar refractivity (Wildman–Crippen MR) is 80.8 cm³/mol. The molecule has 2 heteroatoms. The number of rotatable bonds is 4. The normalized spacial score (nSPS) is 20.3. The summed E-state index contributed by atoms with van der Waals surface area (Å²) in [6.45, 7) is 9.88. The number of ether oxygens (including phenoxy) is 1. The summed E-state index contributed by atoms with van der Waals surface area (Å²) >= 11 is 0. The van der Waals surface area contributed by atoms with Crippen LogP contribution in [0.25, 0.3) is 0 Å². The van der Waals surface area contributed by atoms with Gasteiger partial charge in [0.15, 0.2) is 0 Å². The third-order valence-electron chi connectivity index (χ3n) is 3.88. The molecule has 1 fully saturated rings. The molecular weight excluding hydrogens is 234 g/mol. The summed E-state index contributed by atoms with van der Waals surface area (Å²) in [7, 11) is 0. The highest BCUT2D eigenvalue weighted by atomic mass is 16.5. The monoisotopic (exact) mass is 261 g/mol. The van der Waals surface area contributed by atoms with E-state index in [1.54, 1.807) is 0 Å². The van der Waals surface area contributed by atoms with Crippen LogP contribution in [0, 0.1) is 5.92 Å². The first-order chi connectivity index (χ1) is 9.07. The van der Waals surface area contributed by atoms with Crippen LogP contribution < -0.4 is 10.1 Å². The first kappa shape index (κ1) is 14.4. The van der Waals surface area contributed by atoms with Gasteiger partial charge in [0.2, 0.25) is 0 Å². The summed E-state index contributed by atoms with van der Waals surface area (Å²) in [5.74, 6) is 1.84. The summed E-state index contributed by atoms with van der Waals surface area (Å²) in [4.78, 5) is 0. The van der Waals surface area contributed by atoms with E-state index < -0.39 is 0 Å². The third kappa shape index (κ3) is 4.24. The van der Waals surface area contributed by atoms with Crippen molar-refractivity contribution < 1.29 is 4.74 Å². The highest BCUT2D eigenvalue weighted by molar-refractivity contribution is 5.38. The van der Waals surface area contributed by atoms with Crippen molar-refractivity contribution in [1.29, 1.82) is 0 Å². The SMILES string of the molecule is CC(C)(C)c1ccccc1OCCC1CCCNC1. The molecule has 1 aliphatic rings. The van der Waals surface area contributed by atoms with E-state index in [1.807, 2.05) is 0 Å². The highest BCUT2D eigenvalue weighted by Crippen LogP contribution is 2.31. The largest absolute Gasteiger partial charge is 0.493 e. The molecule has 2 nitrogen and oxygen atoms in total. The van der Waals surface area contributed by atoms with Gasteiger partial charge in [0.1, 0.15) is 5.75 Å². The van der Waals surface area contributed by atoms with E-state index in [2.05, 4.69) is 50.4 Å². The zero-order valence-corrected chi connectivity index (χ0v) is 12.5. The summed E-state index contributed by atoms with van der Waals surface area (Å²) in [6, 6.07) is 8.43. The zero-order valence-electron chi connectivity index (χ0n) is 12.5. The number of nitrogens with one attached hydrogen (secondary N) is 1. The number of para-hydroxylation sites is 1. The molecule has 19 heavy (non-hydrogen) atoms. The Morgan fingerprint density at radius 3 is 2.74 bits per heavy atom. The summed E-state index contributed by atoms with van der Waals surface area (Å²) in [5, 5.41) is 3.46. The second kappa shape index (κ2) is 6.42. The lowest BCUT2D eigenvalue weighted by Crippen LogP contribution is -2.30. The fourth-order valence-corrected chi connectivity index (χ4v) is 2.72. The van der Waals surface area contributed by atoms with E-state index >= 15 is 0 Å². The van der Waals surface area contributed by atoms with E-state index in [1.165, 1.54) is 24.9 Å². The molecule has 0 radical (unpaired) electrons. The topological polar surface area (TPSA) is 21.3 Å². The van der Waals surface area contributed by atoms with Crippen LogP contribution in [0.4, 0.5) is 0 Å². The Bertz CT molecular complexity index is 388. The maximum Gasteiger partial charge on any atom is 0.123 e. The number of hydrogen-bond acceptors (Lipinski definition) is 2. The van der Waals surface area contributed by atoms with Crippen LogP contribution in [-0.4, -0.2) is 19.7 Å². The molecule has 1 heterocycles. The molecule has 0 aromatic heterocycles. The fraction of sp³-hybridized carbons (Fsp3) is 0.647. The van der Waals surface area contributed by atoms with Gasteiger partial charge in [-0.3, -0.25) is 0 Å². The first-order valence-electron chi connectivity index (χ1n) is 7.50. The maximum absolute atomic E-state index is 6.04. The van der Waals surface area contributed by atoms with Crippen molar-refractivity contribution in [3.8, 4) is 5.75 Å². The Morgan fingerprint density at radius 2 is 2.05 bits per heavy atom. The molecule has 0 spiro atoms. The van der Waals surface area contributed by atoms with Gasteiger partial charge < -0.3 is 10.1 Å². The Labute approximate surface area is 117 Å². The maximum atomic E-state index is 6.04. The van der Waals surface area contributed by atoms with E-state index in [0.29, 0.717) is 0 Å². The van der Waals surface area contributed by atoms with Gasteiger partial charge in [-0.25, -0.2) is 0 Å². The lowest BCUT2D eigenvalue weighted by Gasteiger charge is -2.25. The summed E-state index contributed by atoms with van der Waals surface area (Å²) in [6.07, 6.45) is 3.81. The molecule has 0 saturated carbocycles. The van der Waals surface area contributed by atoms with Gasteiger partial charge in [-0.05, 0) is 55.3 Å². The minimum Gasteiger partial charge on any atom is -0.493 e. The standard InChI is InChI=1S/C17H27NO/c1-17(2,3)15-8-4-5-9-16(15)19-12-10-14-7-6-11-18-13-14/h4-5,8-9,14,18H,6-7,10-13H2,1-3H3. The van der Waals surface area contributed by atoms with E-state index in [-0.39, 0.29) is 5.41 Å². The van der Waals surface area contributed by atoms with Crippen molar-refractivity contribution in [3.63, 3.8) is 0 Å². The summed E-state index contributed by atoms with van der Waals surface area (Å²) in [5.41, 5.74) is 1.44. The first-order valence-corrected chi connectivity index (χ1v) is 7.50. The molecule has 106 valence electrons. The van der Waals surface area contributed by atoms with Crippen molar-refractivity contribution in [2.75, 3.05) is 19.7 Å². The quantitative estimate of drug-likeness (QED) is 0.891. The van der Waals surface area contributed by atoms with Crippen LogP contribution in [0.15, 0.2) is 24.3 Å². The molecule has 1 unspecified atom stereocenters. The lowest BCUT2D eigenvalue weighted by molar-refractivity contribution is 0.250. The van der Waals surface area contributed by atoms with Crippen molar-refractivity contribution in [2.24, 2.45) is 5.92 Å². The van der Waals surface area contributed by atoms with Crippen LogP contribution >= 0.6 is 0 Å². The molecule has 1 aliphatic heterocycles. The minimum absolute atomic E-state index is 0.142. The molecule has 0 amide bonds. The van der Waals surface area contributed by atoms with Gasteiger partial charge in [-0.15, -0.1) is 0 Å². The van der Waals surface area contributed by atoms with Gasteiger partial charge in [0.25, 0.3) is 0 Å². The van der Waals surface area contributed by atoms with Gasteiger partial charge in [-0.2, -0.15) is 0 Å². The number of benzene rings is 1. The molecule has 2 rings (SSSR count). The number of hydrogen-bond donors (Lipinski definition) is 1. The molecule has 1 atom stereocenters. The minimum atomic E-state index is 0.142. The second-order valence-corrected chi connectivity index (χ2v) is 6.60. The molecule has 0 bridgehead atoms. The van der Waals surface area contributed by atoms with Crippen LogP contribution in [0.2, 0.25) is 0 Å². The predicted octanol–water partition coefficient (Wildman–Crippen LogP) is 3.75. The Hall–Kier alpha value is -1.02. The van der Waals surface area contributed by atoms with Crippen LogP contribution in [0.3, 0.4) is 0 Å². The molecule has 1 aromatic rings. The van der Waals surface area contributed by atoms with Gasteiger partial charge in [-0.1, -0.05) is 39.0 Å². The van der Waals surface area contributed by atoms with Gasteiger partial charge in [0.05, 0.1) is 6.61 Å². The smallest absolute Gasteiger partial charge is 0.123 e. The lowest BCUT2D eigenvalue weighted by atomic mass is 9.86. The van der Waals surface area contributed by atoms with Crippen LogP contribution in [0.1, 0.15) is 45.6 Å². The Morgan fingerprint density at radius 1 is 1.26 bits per heavy atom. The van der Waals surface area contributed by atoms with Crippen LogP contribution in [0.5, 0.6) is 5.75 Å². The second-order valence-electron chi connectivity index (χ2n) is 6.60. The third-order valence-corrected chi connectivity index (χ3v) is 3.88. The molecule has 0 aliphatic carbocycles. The Kier molecular flexibility index (Phi) is 4.87. The van der Waals surface area contributed by atoms with Crippen molar-refractivity contribution in [3.05, 3.63) is 29.8 Å². The molecule has 1 N–H and O–H groups in total. The van der Waals surface area contributed by atoms with E-state index in [0.717, 1.165) is 31.2 Å². The average Bonchev–Trinajstić information content (AvgIpc) is 2.39. The molecule has 1 aromatic carbocycles. The van der Waals surface area contributed by atoms with Gasteiger partial charge in [0, 0.05) is 0 Å². The van der Waals surface area contributed by atoms with Crippen molar-refractivity contribution in [1.82, 2.24) is 5.32 Å². The molecule has 1 saturated heterocycles. The van der Waals surface area contributed by atoms with Crippen molar-refractivity contribution >= 4 is 0 Å². The fourth-order valence-electron chi connectivity index (χ4n) is 2.72. The summed E-state index contributed by atoms with van der Waals surface area (Å²) < 4.78 is 6.04. The molecular formula is C17H27NO. The Balaban J connectivity index is 1.88.